The van der Waals surface area contributed by atoms with Crippen LogP contribution in [0.25, 0.3) is 0 Å². The molecule has 0 saturated carbocycles. The number of alkyl halides is 3. The largest absolute Gasteiger partial charge is 0.480 e. The van der Waals surface area contributed by atoms with Crippen LogP contribution in [0.1, 0.15) is 6.92 Å². The van der Waals surface area contributed by atoms with Crippen LogP contribution < -0.4 is 4.90 Å². The van der Waals surface area contributed by atoms with Crippen molar-refractivity contribution in [3.05, 3.63) is 18.3 Å². The molecule has 21 heavy (non-hydrogen) atoms. The first-order chi connectivity index (χ1) is 9.55. The van der Waals surface area contributed by atoms with E-state index in [9.17, 15) is 26.4 Å². The highest BCUT2D eigenvalue weighted by atomic mass is 32.2. The lowest BCUT2D eigenvalue weighted by atomic mass is 10.3. The Kier molecular flexibility index (Phi) is 5.15. The van der Waals surface area contributed by atoms with E-state index >= 15 is 0 Å². The molecule has 1 heterocycles. The monoisotopic (exact) mass is 326 g/mol. The number of carboxylic acids is 1. The summed E-state index contributed by atoms with van der Waals surface area (Å²) < 4.78 is 60.3. The molecule has 10 heteroatoms. The molecule has 0 saturated heterocycles. The fraction of sp³-hybridized carbons (Fsp3) is 0.455. The molecule has 1 aromatic heterocycles. The van der Waals surface area contributed by atoms with Crippen molar-refractivity contribution in [2.24, 2.45) is 0 Å². The number of halogens is 3. The van der Waals surface area contributed by atoms with Gasteiger partial charge in [0.2, 0.25) is 0 Å². The van der Waals surface area contributed by atoms with Gasteiger partial charge in [-0.05, 0) is 12.1 Å². The summed E-state index contributed by atoms with van der Waals surface area (Å²) in [5, 5.41) is 8.37. The number of hydrogen-bond acceptors (Lipinski definition) is 5. The van der Waals surface area contributed by atoms with E-state index in [4.69, 9.17) is 5.11 Å². The Labute approximate surface area is 119 Å². The maximum Gasteiger partial charge on any atom is 0.405 e. The first-order valence-electron chi connectivity index (χ1n) is 5.77. The zero-order valence-electron chi connectivity index (χ0n) is 11.0. The van der Waals surface area contributed by atoms with Crippen LogP contribution in [-0.4, -0.2) is 49.5 Å². The summed E-state index contributed by atoms with van der Waals surface area (Å²) in [6.45, 7) is -0.937. The molecule has 0 aromatic carbocycles. The molecule has 1 rings (SSSR count). The zero-order chi connectivity index (χ0) is 16.3. The van der Waals surface area contributed by atoms with Crippen molar-refractivity contribution < 1.29 is 31.5 Å². The SMILES string of the molecule is CCS(=O)(=O)c1ccc(N(CC(=O)O)CC(F)(F)F)cn1. The van der Waals surface area contributed by atoms with Gasteiger partial charge >= 0.3 is 12.1 Å². The lowest BCUT2D eigenvalue weighted by Crippen LogP contribution is -2.38. The van der Waals surface area contributed by atoms with Gasteiger partial charge in [-0.25, -0.2) is 13.4 Å². The predicted octanol–water partition coefficient (Wildman–Crippen LogP) is 1.33. The second kappa shape index (κ2) is 6.29. The van der Waals surface area contributed by atoms with E-state index < -0.39 is 35.1 Å². The van der Waals surface area contributed by atoms with Crippen LogP contribution in [0.4, 0.5) is 18.9 Å². The Morgan fingerprint density at radius 2 is 2.00 bits per heavy atom. The van der Waals surface area contributed by atoms with Crippen LogP contribution >= 0.6 is 0 Å². The summed E-state index contributed by atoms with van der Waals surface area (Å²) in [5.41, 5.74) is -0.121. The van der Waals surface area contributed by atoms with Gasteiger partial charge < -0.3 is 10.0 Å². The van der Waals surface area contributed by atoms with E-state index in [1.54, 1.807) is 0 Å². The quantitative estimate of drug-likeness (QED) is 0.848. The van der Waals surface area contributed by atoms with Crippen molar-refractivity contribution in [1.82, 2.24) is 4.98 Å². The van der Waals surface area contributed by atoms with Crippen LogP contribution in [0.3, 0.4) is 0 Å². The average Bonchev–Trinajstić information content (AvgIpc) is 2.36. The van der Waals surface area contributed by atoms with Crippen molar-refractivity contribution >= 4 is 21.5 Å². The first kappa shape index (κ1) is 17.2. The molecule has 0 spiro atoms. The lowest BCUT2D eigenvalue weighted by molar-refractivity contribution is -0.136. The van der Waals surface area contributed by atoms with Crippen molar-refractivity contribution in [3.8, 4) is 0 Å². The molecule has 6 nitrogen and oxygen atoms in total. The van der Waals surface area contributed by atoms with Crippen molar-refractivity contribution in [2.75, 3.05) is 23.7 Å². The highest BCUT2D eigenvalue weighted by Gasteiger charge is 2.32. The highest BCUT2D eigenvalue weighted by Crippen LogP contribution is 2.22. The van der Waals surface area contributed by atoms with Gasteiger partial charge in [0.05, 0.1) is 17.6 Å². The molecule has 0 bridgehead atoms. The Balaban J connectivity index is 3.06. The normalized spacial score (nSPS) is 12.2. The third kappa shape index (κ3) is 5.21. The maximum absolute atomic E-state index is 12.4. The van der Waals surface area contributed by atoms with Gasteiger partial charge in [0.15, 0.2) is 14.9 Å². The van der Waals surface area contributed by atoms with Crippen LogP contribution in [0.2, 0.25) is 0 Å². The second-order valence-corrected chi connectivity index (χ2v) is 6.35. The fourth-order valence-electron chi connectivity index (χ4n) is 1.51. The average molecular weight is 326 g/mol. The molecule has 0 aliphatic rings. The number of anilines is 1. The lowest BCUT2D eigenvalue weighted by Gasteiger charge is -2.23. The van der Waals surface area contributed by atoms with Gasteiger partial charge in [-0.2, -0.15) is 13.2 Å². The molecule has 0 atom stereocenters. The van der Waals surface area contributed by atoms with Crippen LogP contribution in [0, 0.1) is 0 Å². The number of sulfone groups is 1. The van der Waals surface area contributed by atoms with Crippen molar-refractivity contribution in [1.29, 1.82) is 0 Å². The maximum atomic E-state index is 12.4. The number of aromatic nitrogens is 1. The fourth-order valence-corrected chi connectivity index (χ4v) is 2.29. The summed E-state index contributed by atoms with van der Waals surface area (Å²) >= 11 is 0. The number of carboxylic acid groups (broad SMARTS) is 1. The van der Waals surface area contributed by atoms with Gasteiger partial charge in [-0.1, -0.05) is 6.92 Å². The Bertz CT molecular complexity index is 599. The first-order valence-corrected chi connectivity index (χ1v) is 7.42. The molecule has 1 aromatic rings. The summed E-state index contributed by atoms with van der Waals surface area (Å²) in [5.74, 6) is -1.63. The van der Waals surface area contributed by atoms with E-state index in [1.165, 1.54) is 6.92 Å². The van der Waals surface area contributed by atoms with Gasteiger partial charge in [0.1, 0.15) is 13.1 Å². The smallest absolute Gasteiger partial charge is 0.405 e. The molecular formula is C11H13F3N2O4S. The van der Waals surface area contributed by atoms with E-state index in [0.717, 1.165) is 18.3 Å². The van der Waals surface area contributed by atoms with E-state index in [0.29, 0.717) is 4.90 Å². The highest BCUT2D eigenvalue weighted by molar-refractivity contribution is 7.91. The summed E-state index contributed by atoms with van der Waals surface area (Å²) in [4.78, 5) is 14.8. The summed E-state index contributed by atoms with van der Waals surface area (Å²) in [6.07, 6.45) is -3.68. The second-order valence-electron chi connectivity index (χ2n) is 4.12. The molecule has 0 radical (unpaired) electrons. The minimum Gasteiger partial charge on any atom is -0.480 e. The molecular weight excluding hydrogens is 313 g/mol. The standard InChI is InChI=1S/C11H13F3N2O4S/c1-2-21(19,20)9-4-3-8(5-15-9)16(6-10(17)18)7-11(12,13)14/h3-5H,2,6-7H2,1H3,(H,17,18). The zero-order valence-corrected chi connectivity index (χ0v) is 11.8. The third-order valence-corrected chi connectivity index (χ3v) is 4.12. The van der Waals surface area contributed by atoms with Crippen LogP contribution in [0.15, 0.2) is 23.4 Å². The number of rotatable bonds is 6. The molecule has 0 aliphatic carbocycles. The molecule has 1 N–H and O–H groups in total. The third-order valence-electron chi connectivity index (χ3n) is 2.48. The van der Waals surface area contributed by atoms with E-state index in [1.807, 2.05) is 0 Å². The number of aliphatic carboxylic acids is 1. The van der Waals surface area contributed by atoms with Gasteiger partial charge in [-0.15, -0.1) is 0 Å². The van der Waals surface area contributed by atoms with Gasteiger partial charge in [0.25, 0.3) is 0 Å². The number of nitrogens with zero attached hydrogens (tertiary/aromatic N) is 2. The van der Waals surface area contributed by atoms with E-state index in [2.05, 4.69) is 4.98 Å². The van der Waals surface area contributed by atoms with Crippen molar-refractivity contribution in [3.63, 3.8) is 0 Å². The van der Waals surface area contributed by atoms with Gasteiger partial charge in [0, 0.05) is 0 Å². The number of carbonyl (C=O) groups is 1. The molecule has 0 aliphatic heterocycles. The number of hydrogen-bond donors (Lipinski definition) is 1. The number of pyridine rings is 1. The topological polar surface area (TPSA) is 87.6 Å². The Morgan fingerprint density at radius 1 is 1.38 bits per heavy atom. The summed E-state index contributed by atoms with van der Waals surface area (Å²) in [6, 6.07) is 2.16. The Hall–Kier alpha value is -1.84. The van der Waals surface area contributed by atoms with Crippen LogP contribution in [-0.2, 0) is 14.6 Å². The minimum absolute atomic E-state index is 0.121. The molecule has 0 amide bonds. The summed E-state index contributed by atoms with van der Waals surface area (Å²) in [7, 11) is -3.57. The molecule has 118 valence electrons. The molecule has 0 fully saturated rings. The van der Waals surface area contributed by atoms with Crippen molar-refractivity contribution in [2.45, 2.75) is 18.1 Å². The van der Waals surface area contributed by atoms with Gasteiger partial charge in [-0.3, -0.25) is 4.79 Å². The predicted molar refractivity (Wildman–Crippen MR) is 67.9 cm³/mol. The van der Waals surface area contributed by atoms with Crippen LogP contribution in [0.5, 0.6) is 0 Å². The Morgan fingerprint density at radius 3 is 2.38 bits per heavy atom. The minimum atomic E-state index is -4.59. The van der Waals surface area contributed by atoms with E-state index in [-0.39, 0.29) is 16.5 Å². The molecule has 0 unspecified atom stereocenters.